The molecule has 0 saturated heterocycles. The number of primary amides is 1. The van der Waals surface area contributed by atoms with Crippen molar-refractivity contribution in [2.45, 2.75) is 57.2 Å². The average Bonchev–Trinajstić information content (AvgIpc) is 3.02. The van der Waals surface area contributed by atoms with E-state index in [0.29, 0.717) is 35.6 Å². The van der Waals surface area contributed by atoms with Gasteiger partial charge in [-0.05, 0) is 37.1 Å². The van der Waals surface area contributed by atoms with Crippen molar-refractivity contribution in [3.8, 4) is 5.75 Å². The number of rotatable bonds is 11. The number of nitrogens with zero attached hydrogens (tertiary/aromatic N) is 3. The first-order chi connectivity index (χ1) is 14.2. The lowest BCUT2D eigenvalue weighted by Crippen LogP contribution is -2.23. The molecule has 8 nitrogen and oxygen atoms in total. The van der Waals surface area contributed by atoms with Crippen LogP contribution < -0.4 is 15.8 Å². The van der Waals surface area contributed by atoms with Crippen molar-refractivity contribution in [2.75, 3.05) is 5.32 Å². The molecule has 1 heterocycles. The molecule has 11 heteroatoms. The van der Waals surface area contributed by atoms with Crippen molar-refractivity contribution < 1.29 is 23.1 Å². The van der Waals surface area contributed by atoms with Crippen molar-refractivity contribution in [2.24, 2.45) is 11.7 Å². The van der Waals surface area contributed by atoms with Gasteiger partial charge in [-0.25, -0.2) is 0 Å². The number of anilines is 1. The lowest BCUT2D eigenvalue weighted by atomic mass is 10.2. The number of ether oxygens (including phenoxy) is 1. The number of hydrogen-bond acceptors (Lipinski definition) is 6. The molecule has 0 aliphatic rings. The number of carbonyl (C=O) groups is 2. The van der Waals surface area contributed by atoms with Gasteiger partial charge < -0.3 is 20.4 Å². The summed E-state index contributed by atoms with van der Waals surface area (Å²) in [6.07, 6.45) is 0.547. The molecule has 1 atom stereocenters. The van der Waals surface area contributed by atoms with Crippen LogP contribution >= 0.6 is 11.8 Å². The smallest absolute Gasteiger partial charge is 0.387 e. The lowest BCUT2D eigenvalue weighted by Gasteiger charge is -2.15. The van der Waals surface area contributed by atoms with E-state index in [-0.39, 0.29) is 18.1 Å². The predicted molar refractivity (Wildman–Crippen MR) is 109 cm³/mol. The Morgan fingerprint density at radius 1 is 1.20 bits per heavy atom. The van der Waals surface area contributed by atoms with E-state index in [4.69, 9.17) is 5.73 Å². The minimum absolute atomic E-state index is 0.00991. The SMILES string of the molecule is CC(C)Cn1c(CCC(N)=O)nnc1SC(C)C(=O)Nc1ccc(OC(F)F)cc1. The summed E-state index contributed by atoms with van der Waals surface area (Å²) in [6.45, 7) is 3.56. The highest BCUT2D eigenvalue weighted by Gasteiger charge is 2.21. The van der Waals surface area contributed by atoms with E-state index >= 15 is 0 Å². The summed E-state index contributed by atoms with van der Waals surface area (Å²) in [6, 6.07) is 5.67. The molecular formula is C19H25F2N5O3S. The molecule has 30 heavy (non-hydrogen) atoms. The van der Waals surface area contributed by atoms with Gasteiger partial charge in [-0.3, -0.25) is 9.59 Å². The van der Waals surface area contributed by atoms with Gasteiger partial charge in [-0.15, -0.1) is 10.2 Å². The summed E-state index contributed by atoms with van der Waals surface area (Å²) in [4.78, 5) is 23.6. The first-order valence-electron chi connectivity index (χ1n) is 9.38. The third-order valence-corrected chi connectivity index (χ3v) is 5.02. The first kappa shape index (κ1) is 23.6. The number of amides is 2. The van der Waals surface area contributed by atoms with Crippen LogP contribution in [0.1, 0.15) is 33.0 Å². The van der Waals surface area contributed by atoms with E-state index in [1.165, 1.54) is 36.0 Å². The van der Waals surface area contributed by atoms with E-state index < -0.39 is 17.8 Å². The Kier molecular flexibility index (Phi) is 8.58. The fourth-order valence-electron chi connectivity index (χ4n) is 2.55. The quantitative estimate of drug-likeness (QED) is 0.518. The van der Waals surface area contributed by atoms with Gasteiger partial charge in [-0.2, -0.15) is 8.78 Å². The van der Waals surface area contributed by atoms with E-state index in [1.807, 2.05) is 18.4 Å². The van der Waals surface area contributed by atoms with Gasteiger partial charge in [0.05, 0.1) is 5.25 Å². The molecule has 1 aromatic carbocycles. The summed E-state index contributed by atoms with van der Waals surface area (Å²) in [5, 5.41) is 11.1. The number of carbonyl (C=O) groups excluding carboxylic acids is 2. The normalized spacial score (nSPS) is 12.2. The van der Waals surface area contributed by atoms with Crippen LogP contribution in [0.3, 0.4) is 0 Å². The molecular weight excluding hydrogens is 416 g/mol. The Morgan fingerprint density at radius 2 is 1.87 bits per heavy atom. The Hall–Kier alpha value is -2.69. The highest BCUT2D eigenvalue weighted by Crippen LogP contribution is 2.25. The van der Waals surface area contributed by atoms with Crippen LogP contribution in [-0.2, 0) is 22.6 Å². The number of benzene rings is 1. The van der Waals surface area contributed by atoms with E-state index in [2.05, 4.69) is 20.3 Å². The van der Waals surface area contributed by atoms with Crippen LogP contribution in [-0.4, -0.2) is 38.4 Å². The van der Waals surface area contributed by atoms with Gasteiger partial charge in [0.25, 0.3) is 0 Å². The number of nitrogens with two attached hydrogens (primary N) is 1. The third-order valence-electron chi connectivity index (χ3n) is 3.93. The highest BCUT2D eigenvalue weighted by molar-refractivity contribution is 8.00. The van der Waals surface area contributed by atoms with Crippen LogP contribution in [0.2, 0.25) is 0 Å². The summed E-state index contributed by atoms with van der Waals surface area (Å²) >= 11 is 1.24. The molecule has 0 fully saturated rings. The topological polar surface area (TPSA) is 112 Å². The summed E-state index contributed by atoms with van der Waals surface area (Å²) in [7, 11) is 0. The highest BCUT2D eigenvalue weighted by atomic mass is 32.2. The minimum atomic E-state index is -2.90. The number of thioether (sulfide) groups is 1. The molecule has 1 aromatic heterocycles. The average molecular weight is 442 g/mol. The van der Waals surface area contributed by atoms with Crippen molar-refractivity contribution in [1.82, 2.24) is 14.8 Å². The number of nitrogens with one attached hydrogen (secondary N) is 1. The number of halogens is 2. The Labute approximate surface area is 177 Å². The Bertz CT molecular complexity index is 858. The van der Waals surface area contributed by atoms with Crippen molar-refractivity contribution in [1.29, 1.82) is 0 Å². The van der Waals surface area contributed by atoms with Crippen LogP contribution in [0.15, 0.2) is 29.4 Å². The monoisotopic (exact) mass is 441 g/mol. The van der Waals surface area contributed by atoms with Crippen molar-refractivity contribution in [3.63, 3.8) is 0 Å². The summed E-state index contributed by atoms with van der Waals surface area (Å²) in [5.41, 5.74) is 5.68. The Morgan fingerprint density at radius 3 is 2.43 bits per heavy atom. The fraction of sp³-hybridized carbons (Fsp3) is 0.474. The van der Waals surface area contributed by atoms with Crippen LogP contribution in [0.5, 0.6) is 5.75 Å². The van der Waals surface area contributed by atoms with E-state index in [9.17, 15) is 18.4 Å². The second kappa shape index (κ2) is 10.9. The van der Waals surface area contributed by atoms with Gasteiger partial charge >= 0.3 is 6.61 Å². The summed E-state index contributed by atoms with van der Waals surface area (Å²) in [5.74, 6) is 0.273. The summed E-state index contributed by atoms with van der Waals surface area (Å²) < 4.78 is 30.6. The molecule has 0 radical (unpaired) electrons. The van der Waals surface area contributed by atoms with Gasteiger partial charge in [0, 0.05) is 25.1 Å². The van der Waals surface area contributed by atoms with Gasteiger partial charge in [0.1, 0.15) is 11.6 Å². The third kappa shape index (κ3) is 7.29. The van der Waals surface area contributed by atoms with Gasteiger partial charge in [0.2, 0.25) is 11.8 Å². The molecule has 3 N–H and O–H groups in total. The molecule has 0 spiro atoms. The molecule has 2 aromatic rings. The number of aryl methyl sites for hydroxylation is 1. The van der Waals surface area contributed by atoms with Gasteiger partial charge in [0.15, 0.2) is 5.16 Å². The van der Waals surface area contributed by atoms with Crippen molar-refractivity contribution >= 4 is 29.3 Å². The fourth-order valence-corrected chi connectivity index (χ4v) is 3.43. The van der Waals surface area contributed by atoms with Crippen LogP contribution in [0, 0.1) is 5.92 Å². The largest absolute Gasteiger partial charge is 0.435 e. The second-order valence-corrected chi connectivity index (χ2v) is 8.33. The maximum absolute atomic E-state index is 12.5. The van der Waals surface area contributed by atoms with Gasteiger partial charge in [-0.1, -0.05) is 25.6 Å². The number of hydrogen-bond donors (Lipinski definition) is 2. The van der Waals surface area contributed by atoms with Crippen molar-refractivity contribution in [3.05, 3.63) is 30.1 Å². The standard InChI is InChI=1S/C19H25F2N5O3S/c1-11(2)10-26-16(9-8-15(22)27)24-25-19(26)30-12(3)17(28)23-13-4-6-14(7-5-13)29-18(20)21/h4-7,11-12,18H,8-10H2,1-3H3,(H2,22,27)(H,23,28). The van der Waals surface area contributed by atoms with E-state index in [0.717, 1.165) is 0 Å². The molecule has 2 rings (SSSR count). The van der Waals surface area contributed by atoms with E-state index in [1.54, 1.807) is 6.92 Å². The molecule has 0 saturated carbocycles. The van der Waals surface area contributed by atoms with Crippen LogP contribution in [0.25, 0.3) is 0 Å². The number of aromatic nitrogens is 3. The molecule has 1 unspecified atom stereocenters. The van der Waals surface area contributed by atoms with Crippen LogP contribution in [0.4, 0.5) is 14.5 Å². The molecule has 0 bridgehead atoms. The maximum atomic E-state index is 12.5. The molecule has 0 aliphatic carbocycles. The molecule has 164 valence electrons. The first-order valence-corrected chi connectivity index (χ1v) is 10.3. The number of alkyl halides is 2. The second-order valence-electron chi connectivity index (χ2n) is 7.02. The maximum Gasteiger partial charge on any atom is 0.387 e. The zero-order chi connectivity index (χ0) is 22.3. The lowest BCUT2D eigenvalue weighted by molar-refractivity contribution is -0.118. The molecule has 0 aliphatic heterocycles. The Balaban J connectivity index is 2.04. The molecule has 2 amide bonds. The zero-order valence-electron chi connectivity index (χ0n) is 17.0. The predicted octanol–water partition coefficient (Wildman–Crippen LogP) is 3.07. The minimum Gasteiger partial charge on any atom is -0.435 e. The zero-order valence-corrected chi connectivity index (χ0v) is 17.8.